The lowest BCUT2D eigenvalue weighted by molar-refractivity contribution is 1.34. The van der Waals surface area contributed by atoms with Crippen molar-refractivity contribution in [3.05, 3.63) is 218 Å². The Morgan fingerprint density at radius 1 is 0.242 bits per heavy atom. The van der Waals surface area contributed by atoms with Crippen LogP contribution in [0.5, 0.6) is 0 Å². The van der Waals surface area contributed by atoms with E-state index in [2.05, 4.69) is 192 Å². The van der Waals surface area contributed by atoms with Crippen LogP contribution in [0.2, 0.25) is 0 Å². The van der Waals surface area contributed by atoms with Crippen molar-refractivity contribution in [1.29, 1.82) is 0 Å². The number of aromatic nitrogens is 4. The summed E-state index contributed by atoms with van der Waals surface area (Å²) >= 11 is 0. The monoisotopic (exact) mass is 790 g/mol. The van der Waals surface area contributed by atoms with Gasteiger partial charge in [-0.15, -0.1) is 0 Å². The molecule has 12 rings (SSSR count). The van der Waals surface area contributed by atoms with Crippen molar-refractivity contribution in [2.45, 2.75) is 0 Å². The second kappa shape index (κ2) is 14.7. The number of H-pyrrole nitrogens is 2. The van der Waals surface area contributed by atoms with Crippen molar-refractivity contribution in [2.75, 3.05) is 0 Å². The van der Waals surface area contributed by atoms with E-state index in [1.54, 1.807) is 0 Å². The molecule has 2 aromatic heterocycles. The molecule has 0 aliphatic carbocycles. The zero-order valence-corrected chi connectivity index (χ0v) is 33.7. The molecule has 4 nitrogen and oxygen atoms in total. The Morgan fingerprint density at radius 3 is 0.984 bits per heavy atom. The van der Waals surface area contributed by atoms with Crippen LogP contribution in [0.4, 0.5) is 0 Å². The highest BCUT2D eigenvalue weighted by atomic mass is 14.9. The molecule has 0 aliphatic heterocycles. The Hall–Kier alpha value is -8.34. The summed E-state index contributed by atoms with van der Waals surface area (Å²) in [6.07, 6.45) is 0. The van der Waals surface area contributed by atoms with Gasteiger partial charge >= 0.3 is 0 Å². The standard InChI is InChI=1S/C58H38N4/c1-5-13-39(14-6-1)55-48-30-26-44(46-28-32-52-54(36-46)62-58(60-52)42-19-11-4-12-20-42)34-50(48)56(40-15-7-2-8-16-40)47-29-25-43(33-49(47)55)37-21-23-38(24-22-37)45-27-31-51-53(35-45)61-57(59-51)41-17-9-3-10-18-41/h1-36H,(H,59,61)(H,60,62). The van der Waals surface area contributed by atoms with Crippen LogP contribution >= 0.6 is 0 Å². The van der Waals surface area contributed by atoms with E-state index >= 15 is 0 Å². The molecule has 0 aliphatic rings. The third kappa shape index (κ3) is 6.25. The molecule has 10 aromatic carbocycles. The molecular formula is C58H38N4. The predicted molar refractivity (Wildman–Crippen MR) is 259 cm³/mol. The SMILES string of the molecule is c1ccc(-c2nc3cc(-c4ccc(-c5ccc6c(-c7ccccc7)c7cc(-c8ccc9[nH]c(-c%10ccccc%10)nc9c8)ccc7c(-c7ccccc7)c6c5)cc4)ccc3[nH]2)cc1. The zero-order valence-electron chi connectivity index (χ0n) is 33.7. The molecule has 4 heteroatoms. The number of hydrogen-bond acceptors (Lipinski definition) is 2. The van der Waals surface area contributed by atoms with Gasteiger partial charge in [0, 0.05) is 11.1 Å². The van der Waals surface area contributed by atoms with Crippen molar-refractivity contribution in [3.8, 4) is 78.4 Å². The van der Waals surface area contributed by atoms with Crippen molar-refractivity contribution in [3.63, 3.8) is 0 Å². The third-order valence-electron chi connectivity index (χ3n) is 12.2. The largest absolute Gasteiger partial charge is 0.338 e. The molecule has 0 amide bonds. The molecule has 12 aromatic rings. The molecule has 0 saturated heterocycles. The maximum absolute atomic E-state index is 5.01. The molecule has 290 valence electrons. The summed E-state index contributed by atoms with van der Waals surface area (Å²) in [5.74, 6) is 1.76. The van der Waals surface area contributed by atoms with E-state index < -0.39 is 0 Å². The molecule has 0 atom stereocenters. The van der Waals surface area contributed by atoms with Gasteiger partial charge in [0.2, 0.25) is 0 Å². The zero-order chi connectivity index (χ0) is 41.0. The Morgan fingerprint density at radius 2 is 0.565 bits per heavy atom. The van der Waals surface area contributed by atoms with Gasteiger partial charge in [0.15, 0.2) is 0 Å². The van der Waals surface area contributed by atoms with Crippen LogP contribution in [-0.4, -0.2) is 19.9 Å². The first-order valence-electron chi connectivity index (χ1n) is 21.1. The summed E-state index contributed by atoms with van der Waals surface area (Å²) in [6.45, 7) is 0. The van der Waals surface area contributed by atoms with Gasteiger partial charge in [-0.25, -0.2) is 9.97 Å². The van der Waals surface area contributed by atoms with E-state index in [1.807, 2.05) is 36.4 Å². The number of nitrogens with zero attached hydrogens (tertiary/aromatic N) is 2. The predicted octanol–water partition coefficient (Wildman–Crippen LogP) is 15.4. The highest BCUT2D eigenvalue weighted by molar-refractivity contribution is 6.22. The number of benzene rings is 10. The maximum Gasteiger partial charge on any atom is 0.138 e. The fourth-order valence-electron chi connectivity index (χ4n) is 9.11. The normalized spacial score (nSPS) is 11.5. The lowest BCUT2D eigenvalue weighted by atomic mass is 9.84. The van der Waals surface area contributed by atoms with Crippen molar-refractivity contribution >= 4 is 43.6 Å². The smallest absolute Gasteiger partial charge is 0.138 e. The average Bonchev–Trinajstić information content (AvgIpc) is 3.99. The summed E-state index contributed by atoms with van der Waals surface area (Å²) in [7, 11) is 0. The van der Waals surface area contributed by atoms with Crippen LogP contribution in [0.3, 0.4) is 0 Å². The molecule has 0 fully saturated rings. The second-order valence-corrected chi connectivity index (χ2v) is 15.9. The van der Waals surface area contributed by atoms with Gasteiger partial charge in [0.25, 0.3) is 0 Å². The van der Waals surface area contributed by atoms with E-state index in [0.29, 0.717) is 0 Å². The highest BCUT2D eigenvalue weighted by Gasteiger charge is 2.19. The first-order valence-corrected chi connectivity index (χ1v) is 21.1. The van der Waals surface area contributed by atoms with Crippen LogP contribution in [0.25, 0.3) is 122 Å². The van der Waals surface area contributed by atoms with Gasteiger partial charge in [-0.1, -0.05) is 182 Å². The first-order chi connectivity index (χ1) is 30.7. The quantitative estimate of drug-likeness (QED) is 0.158. The fraction of sp³-hybridized carbons (Fsp3) is 0. The van der Waals surface area contributed by atoms with E-state index in [0.717, 1.165) is 67.1 Å². The minimum absolute atomic E-state index is 0.877. The minimum atomic E-state index is 0.877. The number of hydrogen-bond donors (Lipinski definition) is 2. The lowest BCUT2D eigenvalue weighted by Gasteiger charge is -2.19. The first kappa shape index (κ1) is 35.6. The number of rotatable bonds is 7. The lowest BCUT2D eigenvalue weighted by Crippen LogP contribution is -1.92. The van der Waals surface area contributed by atoms with Gasteiger partial charge in [0.1, 0.15) is 11.6 Å². The van der Waals surface area contributed by atoms with Gasteiger partial charge in [-0.05, 0) is 114 Å². The minimum Gasteiger partial charge on any atom is -0.338 e. The average molecular weight is 791 g/mol. The Bertz CT molecular complexity index is 3590. The number of imidazole rings is 2. The van der Waals surface area contributed by atoms with E-state index in [9.17, 15) is 0 Å². The van der Waals surface area contributed by atoms with Gasteiger partial charge < -0.3 is 9.97 Å². The Labute approximate surface area is 358 Å². The molecule has 0 unspecified atom stereocenters. The van der Waals surface area contributed by atoms with E-state index in [-0.39, 0.29) is 0 Å². The molecule has 0 bridgehead atoms. The Kier molecular flexibility index (Phi) is 8.46. The van der Waals surface area contributed by atoms with Crippen LogP contribution in [0.1, 0.15) is 0 Å². The summed E-state index contributed by atoms with van der Waals surface area (Å²) in [4.78, 5) is 16.9. The molecule has 62 heavy (non-hydrogen) atoms. The van der Waals surface area contributed by atoms with Crippen molar-refractivity contribution < 1.29 is 0 Å². The van der Waals surface area contributed by atoms with E-state index in [1.165, 1.54) is 54.9 Å². The summed E-state index contributed by atoms with van der Waals surface area (Å²) in [6, 6.07) is 78.2. The van der Waals surface area contributed by atoms with Crippen molar-refractivity contribution in [2.24, 2.45) is 0 Å². The van der Waals surface area contributed by atoms with Crippen LogP contribution in [0, 0.1) is 0 Å². The van der Waals surface area contributed by atoms with Gasteiger partial charge in [-0.3, -0.25) is 0 Å². The highest BCUT2D eigenvalue weighted by Crippen LogP contribution is 2.46. The molecule has 0 saturated carbocycles. The molecule has 0 spiro atoms. The van der Waals surface area contributed by atoms with Gasteiger partial charge in [-0.2, -0.15) is 0 Å². The second-order valence-electron chi connectivity index (χ2n) is 15.9. The third-order valence-corrected chi connectivity index (χ3v) is 12.2. The van der Waals surface area contributed by atoms with E-state index in [4.69, 9.17) is 9.97 Å². The number of fused-ring (bicyclic) bond motifs is 4. The molecule has 2 N–H and O–H groups in total. The molecular weight excluding hydrogens is 753 g/mol. The maximum atomic E-state index is 5.01. The number of aromatic amines is 2. The summed E-state index contributed by atoms with van der Waals surface area (Å²) in [5, 5.41) is 4.88. The topological polar surface area (TPSA) is 57.4 Å². The van der Waals surface area contributed by atoms with Crippen molar-refractivity contribution in [1.82, 2.24) is 19.9 Å². The van der Waals surface area contributed by atoms with Crippen LogP contribution in [0.15, 0.2) is 218 Å². The summed E-state index contributed by atoms with van der Waals surface area (Å²) in [5.41, 5.74) is 17.9. The number of nitrogens with one attached hydrogen (secondary N) is 2. The Balaban J connectivity index is 0.984. The molecule has 0 radical (unpaired) electrons. The fourth-order valence-corrected chi connectivity index (χ4v) is 9.11. The van der Waals surface area contributed by atoms with Crippen LogP contribution in [-0.2, 0) is 0 Å². The molecule has 2 heterocycles. The van der Waals surface area contributed by atoms with Gasteiger partial charge in [0.05, 0.1) is 22.1 Å². The summed E-state index contributed by atoms with van der Waals surface area (Å²) < 4.78 is 0. The van der Waals surface area contributed by atoms with Crippen LogP contribution < -0.4 is 0 Å².